The Morgan fingerprint density at radius 2 is 1.90 bits per heavy atom. The molecule has 2 heterocycles. The lowest BCUT2D eigenvalue weighted by Gasteiger charge is -2.30. The topological polar surface area (TPSA) is 69.3 Å². The number of carbonyl (C=O) groups is 1. The van der Waals surface area contributed by atoms with Crippen molar-refractivity contribution >= 4 is 29.8 Å². The largest absolute Gasteiger partial charge is 0.462 e. The molecule has 0 aliphatic carbocycles. The first kappa shape index (κ1) is 21.1. The maximum Gasteiger partial charge on any atom is 0.340 e. The van der Waals surface area contributed by atoms with Gasteiger partial charge in [-0.15, -0.1) is 12.4 Å². The highest BCUT2D eigenvalue weighted by molar-refractivity contribution is 5.97. The second-order valence-corrected chi connectivity index (χ2v) is 6.59. The molecule has 0 radical (unpaired) electrons. The van der Waals surface area contributed by atoms with E-state index in [2.05, 4.69) is 10.2 Å². The standard InChI is InChI=1S/C21H24N2O5.ClH/c1-2-26-21(24)17-12-16(4-5-18(17)23-7-9-25-10-8-23)22-13-15-3-6-19-20(11-15)28-14-27-19;/h3-6,11-12,22H,2,7-10,13-14H2,1H3;1H. The summed E-state index contributed by atoms with van der Waals surface area (Å²) in [4.78, 5) is 14.7. The third-order valence-electron chi connectivity index (χ3n) is 4.78. The van der Waals surface area contributed by atoms with Gasteiger partial charge in [-0.05, 0) is 42.8 Å². The minimum atomic E-state index is -0.310. The predicted octanol–water partition coefficient (Wildman–Crippen LogP) is 3.46. The number of nitrogens with one attached hydrogen (secondary N) is 1. The zero-order valence-electron chi connectivity index (χ0n) is 16.3. The molecule has 1 fully saturated rings. The lowest BCUT2D eigenvalue weighted by molar-refractivity contribution is 0.0526. The van der Waals surface area contributed by atoms with Gasteiger partial charge in [0, 0.05) is 25.3 Å². The van der Waals surface area contributed by atoms with Crippen molar-refractivity contribution in [2.24, 2.45) is 0 Å². The number of hydrogen-bond acceptors (Lipinski definition) is 7. The van der Waals surface area contributed by atoms with E-state index in [0.717, 1.165) is 41.5 Å². The SMILES string of the molecule is CCOC(=O)c1cc(NCc2ccc3c(c2)OCO3)ccc1N1CCOCC1.Cl. The van der Waals surface area contributed by atoms with E-state index in [1.165, 1.54) is 0 Å². The molecule has 0 spiro atoms. The fraction of sp³-hybridized carbons (Fsp3) is 0.381. The van der Waals surface area contributed by atoms with Gasteiger partial charge >= 0.3 is 5.97 Å². The molecule has 7 nitrogen and oxygen atoms in total. The molecule has 2 aromatic carbocycles. The molecular weight excluding hydrogens is 396 g/mol. The first-order valence-electron chi connectivity index (χ1n) is 9.51. The van der Waals surface area contributed by atoms with Crippen molar-refractivity contribution in [3.8, 4) is 11.5 Å². The molecule has 0 saturated carbocycles. The lowest BCUT2D eigenvalue weighted by Crippen LogP contribution is -2.37. The summed E-state index contributed by atoms with van der Waals surface area (Å²) in [7, 11) is 0. The first-order valence-corrected chi connectivity index (χ1v) is 9.51. The molecule has 0 aromatic heterocycles. The van der Waals surface area contributed by atoms with E-state index in [-0.39, 0.29) is 25.2 Å². The summed E-state index contributed by atoms with van der Waals surface area (Å²) in [5.74, 6) is 1.22. The van der Waals surface area contributed by atoms with Gasteiger partial charge in [-0.2, -0.15) is 0 Å². The first-order chi connectivity index (χ1) is 13.7. The predicted molar refractivity (Wildman–Crippen MR) is 113 cm³/mol. The summed E-state index contributed by atoms with van der Waals surface area (Å²) in [6.07, 6.45) is 0. The van der Waals surface area contributed by atoms with Crippen LogP contribution in [0.1, 0.15) is 22.8 Å². The molecule has 156 valence electrons. The van der Waals surface area contributed by atoms with Gasteiger partial charge in [0.05, 0.1) is 31.1 Å². The zero-order valence-corrected chi connectivity index (χ0v) is 17.1. The highest BCUT2D eigenvalue weighted by Gasteiger charge is 2.20. The third-order valence-corrected chi connectivity index (χ3v) is 4.78. The molecule has 1 saturated heterocycles. The summed E-state index contributed by atoms with van der Waals surface area (Å²) in [6.45, 7) is 5.86. The van der Waals surface area contributed by atoms with E-state index < -0.39 is 0 Å². The summed E-state index contributed by atoms with van der Waals surface area (Å²) in [5, 5.41) is 3.37. The van der Waals surface area contributed by atoms with E-state index in [1.807, 2.05) is 43.3 Å². The van der Waals surface area contributed by atoms with Gasteiger partial charge in [-0.25, -0.2) is 4.79 Å². The molecule has 0 amide bonds. The van der Waals surface area contributed by atoms with Gasteiger partial charge in [0.15, 0.2) is 11.5 Å². The quantitative estimate of drug-likeness (QED) is 0.717. The third kappa shape index (κ3) is 4.86. The Labute approximate surface area is 176 Å². The Morgan fingerprint density at radius 3 is 2.69 bits per heavy atom. The van der Waals surface area contributed by atoms with Gasteiger partial charge in [0.25, 0.3) is 0 Å². The fourth-order valence-electron chi connectivity index (χ4n) is 3.35. The maximum atomic E-state index is 12.5. The van der Waals surface area contributed by atoms with Crippen LogP contribution < -0.4 is 19.7 Å². The van der Waals surface area contributed by atoms with E-state index in [0.29, 0.717) is 31.9 Å². The van der Waals surface area contributed by atoms with Crippen molar-refractivity contribution in [1.82, 2.24) is 0 Å². The number of ether oxygens (including phenoxy) is 4. The lowest BCUT2D eigenvalue weighted by atomic mass is 10.1. The van der Waals surface area contributed by atoms with Crippen molar-refractivity contribution in [2.75, 3.05) is 49.9 Å². The highest BCUT2D eigenvalue weighted by atomic mass is 35.5. The number of hydrogen-bond donors (Lipinski definition) is 1. The monoisotopic (exact) mass is 420 g/mol. The minimum absolute atomic E-state index is 0. The molecule has 1 N–H and O–H groups in total. The number of halogens is 1. The van der Waals surface area contributed by atoms with Crippen molar-refractivity contribution in [3.63, 3.8) is 0 Å². The van der Waals surface area contributed by atoms with Crippen LogP contribution in [0.5, 0.6) is 11.5 Å². The van der Waals surface area contributed by atoms with Crippen molar-refractivity contribution in [3.05, 3.63) is 47.5 Å². The number of rotatable bonds is 6. The van der Waals surface area contributed by atoms with Gasteiger partial charge in [-0.3, -0.25) is 0 Å². The Morgan fingerprint density at radius 1 is 1.10 bits per heavy atom. The fourth-order valence-corrected chi connectivity index (χ4v) is 3.35. The average molecular weight is 421 g/mol. The van der Waals surface area contributed by atoms with Crippen LogP contribution in [-0.2, 0) is 16.0 Å². The highest BCUT2D eigenvalue weighted by Crippen LogP contribution is 2.33. The Balaban J connectivity index is 0.00000240. The summed E-state index contributed by atoms with van der Waals surface area (Å²) < 4.78 is 21.5. The second kappa shape index (κ2) is 9.71. The van der Waals surface area contributed by atoms with Crippen LogP contribution in [-0.4, -0.2) is 45.7 Å². The molecule has 2 aromatic rings. The van der Waals surface area contributed by atoms with E-state index in [9.17, 15) is 4.79 Å². The van der Waals surface area contributed by atoms with E-state index in [4.69, 9.17) is 18.9 Å². The van der Waals surface area contributed by atoms with Gasteiger partial charge in [0.1, 0.15) is 0 Å². The van der Waals surface area contributed by atoms with Crippen LogP contribution in [0.15, 0.2) is 36.4 Å². The number of fused-ring (bicyclic) bond motifs is 1. The maximum absolute atomic E-state index is 12.5. The molecule has 29 heavy (non-hydrogen) atoms. The van der Waals surface area contributed by atoms with Crippen molar-refractivity contribution in [2.45, 2.75) is 13.5 Å². The summed E-state index contributed by atoms with van der Waals surface area (Å²) >= 11 is 0. The number of benzene rings is 2. The molecule has 0 bridgehead atoms. The van der Waals surface area contributed by atoms with Crippen LogP contribution in [0.4, 0.5) is 11.4 Å². The van der Waals surface area contributed by atoms with E-state index >= 15 is 0 Å². The van der Waals surface area contributed by atoms with Crippen LogP contribution in [0.25, 0.3) is 0 Å². The van der Waals surface area contributed by atoms with Crippen molar-refractivity contribution < 1.29 is 23.7 Å². The number of morpholine rings is 1. The van der Waals surface area contributed by atoms with Crippen LogP contribution >= 0.6 is 12.4 Å². The van der Waals surface area contributed by atoms with Crippen LogP contribution in [0.3, 0.4) is 0 Å². The van der Waals surface area contributed by atoms with Crippen LogP contribution in [0, 0.1) is 0 Å². The Bertz CT molecular complexity index is 855. The number of anilines is 2. The van der Waals surface area contributed by atoms with Gasteiger partial charge in [0.2, 0.25) is 6.79 Å². The zero-order chi connectivity index (χ0) is 19.3. The number of nitrogens with zero attached hydrogens (tertiary/aromatic N) is 1. The summed E-state index contributed by atoms with van der Waals surface area (Å²) in [6, 6.07) is 11.7. The van der Waals surface area contributed by atoms with Gasteiger partial charge in [-0.1, -0.05) is 6.07 Å². The molecule has 4 rings (SSSR count). The normalized spacial score (nSPS) is 14.9. The second-order valence-electron chi connectivity index (χ2n) is 6.59. The molecule has 0 atom stereocenters. The molecule has 0 unspecified atom stereocenters. The average Bonchev–Trinajstić information content (AvgIpc) is 3.21. The Hall–Kier alpha value is -2.64. The van der Waals surface area contributed by atoms with Crippen LogP contribution in [0.2, 0.25) is 0 Å². The molecule has 2 aliphatic heterocycles. The number of esters is 1. The van der Waals surface area contributed by atoms with E-state index in [1.54, 1.807) is 0 Å². The Kier molecular flexibility index (Phi) is 7.06. The molecule has 2 aliphatic rings. The minimum Gasteiger partial charge on any atom is -0.462 e. The van der Waals surface area contributed by atoms with Crippen molar-refractivity contribution in [1.29, 1.82) is 0 Å². The smallest absolute Gasteiger partial charge is 0.340 e. The number of carbonyl (C=O) groups excluding carboxylic acids is 1. The van der Waals surface area contributed by atoms with Gasteiger partial charge < -0.3 is 29.2 Å². The molecule has 8 heteroatoms. The molecular formula is C21H25ClN2O5. The summed E-state index contributed by atoms with van der Waals surface area (Å²) in [5.41, 5.74) is 3.38.